The standard InChI is InChI=1S/C15H11BrClNO/c1-9-15(19-12-4-2-3-10(16)7-12)13-6-5-11(17)8-14(13)18-9/h2-8,18H,1H3. The first-order valence-electron chi connectivity index (χ1n) is 5.85. The molecule has 0 aliphatic heterocycles. The van der Waals surface area contributed by atoms with Crippen LogP contribution in [0.2, 0.25) is 5.02 Å². The quantitative estimate of drug-likeness (QED) is 0.639. The van der Waals surface area contributed by atoms with Crippen molar-refractivity contribution in [3.05, 3.63) is 57.7 Å². The highest BCUT2D eigenvalue weighted by Crippen LogP contribution is 2.35. The second-order valence-electron chi connectivity index (χ2n) is 4.33. The minimum absolute atomic E-state index is 0.711. The van der Waals surface area contributed by atoms with Crippen LogP contribution in [0, 0.1) is 6.92 Å². The lowest BCUT2D eigenvalue weighted by molar-refractivity contribution is 0.484. The maximum Gasteiger partial charge on any atom is 0.155 e. The number of hydrogen-bond donors (Lipinski definition) is 1. The van der Waals surface area contributed by atoms with Crippen molar-refractivity contribution in [1.29, 1.82) is 0 Å². The highest BCUT2D eigenvalue weighted by atomic mass is 79.9. The monoisotopic (exact) mass is 335 g/mol. The molecule has 0 unspecified atom stereocenters. The molecule has 0 saturated heterocycles. The normalized spacial score (nSPS) is 10.9. The van der Waals surface area contributed by atoms with Gasteiger partial charge in [0.05, 0.1) is 11.2 Å². The van der Waals surface area contributed by atoms with Crippen LogP contribution >= 0.6 is 27.5 Å². The molecule has 0 radical (unpaired) electrons. The summed E-state index contributed by atoms with van der Waals surface area (Å²) < 4.78 is 6.97. The molecule has 0 saturated carbocycles. The van der Waals surface area contributed by atoms with Crippen molar-refractivity contribution in [2.24, 2.45) is 0 Å². The number of hydrogen-bond acceptors (Lipinski definition) is 1. The van der Waals surface area contributed by atoms with Crippen molar-refractivity contribution >= 4 is 38.4 Å². The molecule has 0 spiro atoms. The summed E-state index contributed by atoms with van der Waals surface area (Å²) in [6.07, 6.45) is 0. The topological polar surface area (TPSA) is 25.0 Å². The summed E-state index contributed by atoms with van der Waals surface area (Å²) in [4.78, 5) is 3.28. The zero-order valence-corrected chi connectivity index (χ0v) is 12.5. The number of aryl methyl sites for hydroxylation is 1. The zero-order chi connectivity index (χ0) is 13.4. The number of aromatic amines is 1. The molecule has 0 atom stereocenters. The number of nitrogens with one attached hydrogen (secondary N) is 1. The lowest BCUT2D eigenvalue weighted by Gasteiger charge is -2.06. The van der Waals surface area contributed by atoms with E-state index in [9.17, 15) is 0 Å². The number of benzene rings is 2. The minimum atomic E-state index is 0.711. The first-order valence-corrected chi connectivity index (χ1v) is 7.02. The number of H-pyrrole nitrogens is 1. The first-order chi connectivity index (χ1) is 9.13. The maximum atomic E-state index is 5.99. The van der Waals surface area contributed by atoms with Gasteiger partial charge in [0.25, 0.3) is 0 Å². The van der Waals surface area contributed by atoms with Crippen LogP contribution in [0.15, 0.2) is 46.9 Å². The molecular formula is C15H11BrClNO. The Bertz CT molecular complexity index is 751. The molecular weight excluding hydrogens is 326 g/mol. The van der Waals surface area contributed by atoms with Gasteiger partial charge in [0.1, 0.15) is 5.75 Å². The van der Waals surface area contributed by atoms with Gasteiger partial charge >= 0.3 is 0 Å². The third-order valence-electron chi connectivity index (χ3n) is 2.90. The fraction of sp³-hybridized carbons (Fsp3) is 0.0667. The van der Waals surface area contributed by atoms with Gasteiger partial charge in [0.15, 0.2) is 5.75 Å². The lowest BCUT2D eigenvalue weighted by Crippen LogP contribution is -1.85. The van der Waals surface area contributed by atoms with E-state index >= 15 is 0 Å². The van der Waals surface area contributed by atoms with Crippen LogP contribution in [0.25, 0.3) is 10.9 Å². The molecule has 0 aliphatic rings. The Morgan fingerprint density at radius 1 is 1.16 bits per heavy atom. The number of ether oxygens (including phenoxy) is 1. The van der Waals surface area contributed by atoms with Crippen LogP contribution in [0.5, 0.6) is 11.5 Å². The predicted octanol–water partition coefficient (Wildman–Crippen LogP) is 5.68. The summed E-state index contributed by atoms with van der Waals surface area (Å²) in [6.45, 7) is 1.99. The van der Waals surface area contributed by atoms with E-state index in [-0.39, 0.29) is 0 Å². The fourth-order valence-electron chi connectivity index (χ4n) is 2.06. The largest absolute Gasteiger partial charge is 0.455 e. The van der Waals surface area contributed by atoms with Gasteiger partial charge in [-0.2, -0.15) is 0 Å². The third-order valence-corrected chi connectivity index (χ3v) is 3.63. The molecule has 96 valence electrons. The van der Waals surface area contributed by atoms with E-state index in [1.54, 1.807) is 0 Å². The highest BCUT2D eigenvalue weighted by molar-refractivity contribution is 9.10. The van der Waals surface area contributed by atoms with Crippen molar-refractivity contribution in [2.45, 2.75) is 6.92 Å². The van der Waals surface area contributed by atoms with Crippen LogP contribution in [-0.2, 0) is 0 Å². The third kappa shape index (κ3) is 2.48. The smallest absolute Gasteiger partial charge is 0.155 e. The Hall–Kier alpha value is -1.45. The van der Waals surface area contributed by atoms with Gasteiger partial charge in [0, 0.05) is 14.9 Å². The Morgan fingerprint density at radius 3 is 2.79 bits per heavy atom. The second-order valence-corrected chi connectivity index (χ2v) is 5.68. The van der Waals surface area contributed by atoms with E-state index in [0.29, 0.717) is 5.02 Å². The van der Waals surface area contributed by atoms with Gasteiger partial charge in [-0.05, 0) is 43.3 Å². The van der Waals surface area contributed by atoms with Crippen LogP contribution in [-0.4, -0.2) is 4.98 Å². The second kappa shape index (κ2) is 4.91. The molecule has 3 rings (SSSR count). The summed E-state index contributed by atoms with van der Waals surface area (Å²) in [5.41, 5.74) is 1.97. The van der Waals surface area contributed by atoms with Crippen LogP contribution in [0.4, 0.5) is 0 Å². The van der Waals surface area contributed by atoms with Gasteiger partial charge < -0.3 is 9.72 Å². The van der Waals surface area contributed by atoms with E-state index in [4.69, 9.17) is 16.3 Å². The molecule has 4 heteroatoms. The van der Waals surface area contributed by atoms with Crippen molar-refractivity contribution in [1.82, 2.24) is 4.98 Å². The number of aromatic nitrogens is 1. The Kier molecular flexibility index (Phi) is 3.25. The summed E-state index contributed by atoms with van der Waals surface area (Å²) in [5, 5.41) is 1.74. The zero-order valence-electron chi connectivity index (χ0n) is 10.2. The number of fused-ring (bicyclic) bond motifs is 1. The Labute approximate surface area is 124 Å². The van der Waals surface area contributed by atoms with Crippen LogP contribution < -0.4 is 4.74 Å². The van der Waals surface area contributed by atoms with Crippen molar-refractivity contribution < 1.29 is 4.74 Å². The molecule has 0 aliphatic carbocycles. The highest BCUT2D eigenvalue weighted by Gasteiger charge is 2.11. The fourth-order valence-corrected chi connectivity index (χ4v) is 2.61. The SMILES string of the molecule is Cc1[nH]c2cc(Cl)ccc2c1Oc1cccc(Br)c1. The van der Waals surface area contributed by atoms with Gasteiger partial charge in [-0.15, -0.1) is 0 Å². The molecule has 0 amide bonds. The molecule has 1 heterocycles. The maximum absolute atomic E-state index is 5.99. The van der Waals surface area contributed by atoms with Crippen molar-refractivity contribution in [2.75, 3.05) is 0 Å². The summed E-state index contributed by atoms with van der Waals surface area (Å²) >= 11 is 9.43. The molecule has 0 fully saturated rings. The van der Waals surface area contributed by atoms with E-state index in [1.165, 1.54) is 0 Å². The first kappa shape index (κ1) is 12.6. The van der Waals surface area contributed by atoms with Gasteiger partial charge in [-0.25, -0.2) is 0 Å². The van der Waals surface area contributed by atoms with Crippen molar-refractivity contribution in [3.63, 3.8) is 0 Å². The molecule has 19 heavy (non-hydrogen) atoms. The molecule has 3 aromatic rings. The summed E-state index contributed by atoms with van der Waals surface area (Å²) in [7, 11) is 0. The molecule has 1 aromatic heterocycles. The Balaban J connectivity index is 2.07. The average molecular weight is 337 g/mol. The Morgan fingerprint density at radius 2 is 2.00 bits per heavy atom. The number of rotatable bonds is 2. The number of halogens is 2. The van der Waals surface area contributed by atoms with E-state index in [1.807, 2.05) is 49.4 Å². The molecule has 0 bridgehead atoms. The minimum Gasteiger partial charge on any atom is -0.455 e. The molecule has 2 nitrogen and oxygen atoms in total. The van der Waals surface area contributed by atoms with E-state index in [0.717, 1.165) is 32.6 Å². The predicted molar refractivity (Wildman–Crippen MR) is 82.3 cm³/mol. The van der Waals surface area contributed by atoms with Gasteiger partial charge in [-0.3, -0.25) is 0 Å². The lowest BCUT2D eigenvalue weighted by atomic mass is 10.2. The van der Waals surface area contributed by atoms with Crippen LogP contribution in [0.1, 0.15) is 5.69 Å². The molecule has 1 N–H and O–H groups in total. The van der Waals surface area contributed by atoms with Gasteiger partial charge in [-0.1, -0.05) is 33.6 Å². The van der Waals surface area contributed by atoms with E-state index < -0.39 is 0 Å². The molecule has 2 aromatic carbocycles. The van der Waals surface area contributed by atoms with Gasteiger partial charge in [0.2, 0.25) is 0 Å². The summed E-state index contributed by atoms with van der Waals surface area (Å²) in [6, 6.07) is 13.5. The van der Waals surface area contributed by atoms with Crippen molar-refractivity contribution in [3.8, 4) is 11.5 Å². The van der Waals surface area contributed by atoms with E-state index in [2.05, 4.69) is 20.9 Å². The van der Waals surface area contributed by atoms with Crippen LogP contribution in [0.3, 0.4) is 0 Å². The average Bonchev–Trinajstić information content (AvgIpc) is 2.65. The summed E-state index contributed by atoms with van der Waals surface area (Å²) in [5.74, 6) is 1.64.